The topological polar surface area (TPSA) is 49.7 Å². The van der Waals surface area contributed by atoms with Crippen molar-refractivity contribution in [2.75, 3.05) is 0 Å². The fourth-order valence-corrected chi connectivity index (χ4v) is 1.95. The van der Waals surface area contributed by atoms with Crippen LogP contribution in [0.25, 0.3) is 0 Å². The molecule has 3 nitrogen and oxygen atoms in total. The summed E-state index contributed by atoms with van der Waals surface area (Å²) in [4.78, 5) is 14.9. The molecule has 1 aromatic carbocycles. The maximum atomic E-state index is 10.7. The van der Waals surface area contributed by atoms with Crippen molar-refractivity contribution in [2.45, 2.75) is 6.54 Å². The molecular weight excluding hydrogens is 281 g/mol. The second-order valence-corrected chi connectivity index (χ2v) is 3.81. The van der Waals surface area contributed by atoms with E-state index in [-0.39, 0.29) is 0 Å². The van der Waals surface area contributed by atoms with E-state index < -0.39 is 5.97 Å². The van der Waals surface area contributed by atoms with Gasteiger partial charge in [0.25, 0.3) is 0 Å². The first-order valence-electron chi connectivity index (χ1n) is 3.75. The summed E-state index contributed by atoms with van der Waals surface area (Å²) in [5, 5.41) is 8.76. The minimum absolute atomic E-state index is 0.324. The molecule has 1 N–H and O–H groups in total. The number of fused-ring (bicyclic) bond motifs is 1. The predicted molar refractivity (Wildman–Crippen MR) is 57.7 cm³/mol. The van der Waals surface area contributed by atoms with E-state index in [0.29, 0.717) is 12.1 Å². The molecule has 1 heterocycles. The molecule has 0 amide bonds. The van der Waals surface area contributed by atoms with E-state index in [4.69, 9.17) is 5.11 Å². The molecule has 0 saturated carbocycles. The van der Waals surface area contributed by atoms with Gasteiger partial charge in [-0.25, -0.2) is 4.79 Å². The van der Waals surface area contributed by atoms with Crippen molar-refractivity contribution in [2.24, 2.45) is 4.99 Å². The third-order valence-corrected chi connectivity index (χ3v) is 2.89. The van der Waals surface area contributed by atoms with Gasteiger partial charge in [-0.15, -0.1) is 0 Å². The summed E-state index contributed by atoms with van der Waals surface area (Å²) >= 11 is 2.12. The van der Waals surface area contributed by atoms with Crippen LogP contribution in [0.15, 0.2) is 23.2 Å². The van der Waals surface area contributed by atoms with Crippen LogP contribution in [0.5, 0.6) is 0 Å². The van der Waals surface area contributed by atoms with Crippen LogP contribution in [0.1, 0.15) is 21.5 Å². The summed E-state index contributed by atoms with van der Waals surface area (Å²) in [5.74, 6) is -0.890. The highest BCUT2D eigenvalue weighted by Crippen LogP contribution is 2.23. The monoisotopic (exact) mass is 287 g/mol. The highest BCUT2D eigenvalue weighted by Gasteiger charge is 2.15. The van der Waals surface area contributed by atoms with Gasteiger partial charge in [0.05, 0.1) is 12.1 Å². The molecule has 1 aromatic rings. The van der Waals surface area contributed by atoms with Gasteiger partial charge in [0.15, 0.2) is 0 Å². The van der Waals surface area contributed by atoms with Crippen LogP contribution >= 0.6 is 22.6 Å². The standard InChI is InChI=1S/C9H6INO2/c10-8-7-3-5(9(12)13)1-2-6(7)4-11-8/h1-3H,4H2,(H,12,13). The second kappa shape index (κ2) is 3.10. The Hall–Kier alpha value is -0.910. The maximum absolute atomic E-state index is 10.7. The van der Waals surface area contributed by atoms with Gasteiger partial charge in [0.2, 0.25) is 0 Å². The zero-order chi connectivity index (χ0) is 9.42. The number of carbonyl (C=O) groups is 1. The van der Waals surface area contributed by atoms with E-state index >= 15 is 0 Å². The van der Waals surface area contributed by atoms with E-state index in [1.165, 1.54) is 0 Å². The van der Waals surface area contributed by atoms with Crippen LogP contribution in [0.3, 0.4) is 0 Å². The van der Waals surface area contributed by atoms with Crippen LogP contribution in [-0.2, 0) is 6.54 Å². The van der Waals surface area contributed by atoms with E-state index in [1.807, 2.05) is 6.07 Å². The highest BCUT2D eigenvalue weighted by atomic mass is 127. The van der Waals surface area contributed by atoms with Crippen LogP contribution in [0, 0.1) is 0 Å². The molecule has 0 fully saturated rings. The van der Waals surface area contributed by atoms with E-state index in [0.717, 1.165) is 14.8 Å². The summed E-state index contributed by atoms with van der Waals surface area (Å²) in [5.41, 5.74) is 2.39. The Morgan fingerprint density at radius 2 is 2.31 bits per heavy atom. The largest absolute Gasteiger partial charge is 0.478 e. The molecule has 13 heavy (non-hydrogen) atoms. The minimum Gasteiger partial charge on any atom is -0.478 e. The molecule has 0 spiro atoms. The molecule has 0 saturated heterocycles. The van der Waals surface area contributed by atoms with E-state index in [2.05, 4.69) is 27.6 Å². The van der Waals surface area contributed by atoms with Crippen molar-refractivity contribution >= 4 is 32.3 Å². The molecule has 0 aromatic heterocycles. The molecule has 0 unspecified atom stereocenters. The van der Waals surface area contributed by atoms with Gasteiger partial charge in [-0.3, -0.25) is 4.99 Å². The number of aliphatic imine (C=N–C) groups is 1. The molecule has 66 valence electrons. The van der Waals surface area contributed by atoms with Crippen molar-refractivity contribution in [1.29, 1.82) is 0 Å². The van der Waals surface area contributed by atoms with Crippen LogP contribution in [0.2, 0.25) is 0 Å². The quantitative estimate of drug-likeness (QED) is 0.804. The molecule has 1 aliphatic rings. The zero-order valence-corrected chi connectivity index (χ0v) is 8.78. The molecule has 0 radical (unpaired) electrons. The third-order valence-electron chi connectivity index (χ3n) is 1.97. The Labute approximate surface area is 88.6 Å². The van der Waals surface area contributed by atoms with Gasteiger partial charge in [-0.2, -0.15) is 0 Å². The summed E-state index contributed by atoms with van der Waals surface area (Å²) in [7, 11) is 0. The minimum atomic E-state index is -0.890. The van der Waals surface area contributed by atoms with Gasteiger partial charge in [-0.05, 0) is 40.3 Å². The lowest BCUT2D eigenvalue weighted by atomic mass is 10.1. The molecule has 1 aliphatic heterocycles. The molecule has 2 rings (SSSR count). The number of halogens is 1. The fourth-order valence-electron chi connectivity index (χ4n) is 1.28. The van der Waals surface area contributed by atoms with Gasteiger partial charge < -0.3 is 5.11 Å². The lowest BCUT2D eigenvalue weighted by molar-refractivity contribution is 0.0697. The van der Waals surface area contributed by atoms with Gasteiger partial charge >= 0.3 is 5.97 Å². The first-order valence-corrected chi connectivity index (χ1v) is 4.83. The lowest BCUT2D eigenvalue weighted by Crippen LogP contribution is -1.99. The van der Waals surface area contributed by atoms with Crippen molar-refractivity contribution in [3.8, 4) is 0 Å². The molecule has 0 aliphatic carbocycles. The number of rotatable bonds is 1. The number of aromatic carboxylic acids is 1. The summed E-state index contributed by atoms with van der Waals surface area (Å²) in [6, 6.07) is 5.12. The second-order valence-electron chi connectivity index (χ2n) is 2.78. The normalized spacial score (nSPS) is 13.8. The maximum Gasteiger partial charge on any atom is 0.335 e. The molecule has 0 atom stereocenters. The zero-order valence-electron chi connectivity index (χ0n) is 6.62. The Bertz CT molecular complexity index is 412. The molecular formula is C9H6INO2. The third kappa shape index (κ3) is 1.46. The summed E-state index contributed by atoms with van der Waals surface area (Å²) < 4.78 is 0.899. The van der Waals surface area contributed by atoms with Gasteiger partial charge in [0.1, 0.15) is 3.72 Å². The van der Waals surface area contributed by atoms with Crippen LogP contribution in [-0.4, -0.2) is 14.8 Å². The number of benzene rings is 1. The fraction of sp³-hybridized carbons (Fsp3) is 0.111. The van der Waals surface area contributed by atoms with Crippen molar-refractivity contribution in [1.82, 2.24) is 0 Å². The smallest absolute Gasteiger partial charge is 0.335 e. The van der Waals surface area contributed by atoms with Gasteiger partial charge in [0, 0.05) is 5.56 Å². The number of carboxylic acids is 1. The van der Waals surface area contributed by atoms with Gasteiger partial charge in [-0.1, -0.05) is 6.07 Å². The number of hydrogen-bond acceptors (Lipinski definition) is 2. The van der Waals surface area contributed by atoms with Crippen LogP contribution < -0.4 is 0 Å². The Balaban J connectivity index is 2.53. The van der Waals surface area contributed by atoms with Crippen molar-refractivity contribution in [3.63, 3.8) is 0 Å². The Morgan fingerprint density at radius 1 is 1.54 bits per heavy atom. The first-order chi connectivity index (χ1) is 6.18. The lowest BCUT2D eigenvalue weighted by Gasteiger charge is -1.99. The van der Waals surface area contributed by atoms with E-state index in [9.17, 15) is 4.79 Å². The molecule has 4 heteroatoms. The van der Waals surface area contributed by atoms with Crippen LogP contribution in [0.4, 0.5) is 0 Å². The first kappa shape index (κ1) is 8.68. The SMILES string of the molecule is O=C(O)c1ccc2c(c1)C(I)=NC2. The molecule has 0 bridgehead atoms. The van der Waals surface area contributed by atoms with Crippen molar-refractivity contribution in [3.05, 3.63) is 34.9 Å². The highest BCUT2D eigenvalue weighted by molar-refractivity contribution is 14.1. The average Bonchev–Trinajstić information content (AvgIpc) is 2.47. The number of hydrogen-bond donors (Lipinski definition) is 1. The van der Waals surface area contributed by atoms with E-state index in [1.54, 1.807) is 12.1 Å². The number of nitrogens with zero attached hydrogens (tertiary/aromatic N) is 1. The average molecular weight is 287 g/mol. The predicted octanol–water partition coefficient (Wildman–Crippen LogP) is 2.08. The Morgan fingerprint density at radius 3 is 3.00 bits per heavy atom. The summed E-state index contributed by atoms with van der Waals surface area (Å²) in [6.07, 6.45) is 0. The van der Waals surface area contributed by atoms with Crippen molar-refractivity contribution < 1.29 is 9.90 Å². The Kier molecular flexibility index (Phi) is 2.07. The summed E-state index contributed by atoms with van der Waals surface area (Å²) in [6.45, 7) is 0.674. The number of carboxylic acid groups (broad SMARTS) is 1.